The minimum Gasteiger partial charge on any atom is -0.295 e. The van der Waals surface area contributed by atoms with Crippen LogP contribution in [0.1, 0.15) is 15.5 Å². The van der Waals surface area contributed by atoms with E-state index in [1.54, 1.807) is 11.4 Å². The summed E-state index contributed by atoms with van der Waals surface area (Å²) in [4.78, 5) is 16.4. The van der Waals surface area contributed by atoms with Crippen LogP contribution in [-0.2, 0) is 0 Å². The lowest BCUT2D eigenvalue weighted by atomic mass is 10.2. The van der Waals surface area contributed by atoms with Crippen LogP contribution in [0.2, 0.25) is 5.02 Å². The lowest BCUT2D eigenvalue weighted by Crippen LogP contribution is -2.12. The van der Waals surface area contributed by atoms with Crippen LogP contribution in [0, 0.1) is 6.92 Å². The van der Waals surface area contributed by atoms with E-state index in [0.29, 0.717) is 15.8 Å². The number of anilines is 1. The van der Waals surface area contributed by atoms with Crippen molar-refractivity contribution in [1.82, 2.24) is 15.2 Å². The number of aryl methyl sites for hydroxylation is 1. The maximum atomic E-state index is 12.1. The Morgan fingerprint density at radius 3 is 2.90 bits per heavy atom. The largest absolute Gasteiger partial charge is 0.295 e. The van der Waals surface area contributed by atoms with Gasteiger partial charge in [-0.1, -0.05) is 35.1 Å². The Balaban J connectivity index is 1.80. The minimum absolute atomic E-state index is 0.296. The number of hydrogen-bond acceptors (Lipinski definition) is 6. The number of hydrogen-bond donors (Lipinski definition) is 1. The molecule has 3 rings (SSSR count). The highest BCUT2D eigenvalue weighted by Crippen LogP contribution is 2.26. The summed E-state index contributed by atoms with van der Waals surface area (Å²) < 4.78 is 0. The number of thiazole rings is 1. The van der Waals surface area contributed by atoms with Crippen LogP contribution >= 0.6 is 34.3 Å². The van der Waals surface area contributed by atoms with Gasteiger partial charge in [-0.2, -0.15) is 0 Å². The average Bonchev–Trinajstić information content (AvgIpc) is 3.08. The lowest BCUT2D eigenvalue weighted by molar-refractivity contribution is 0.102. The molecule has 0 aliphatic rings. The van der Waals surface area contributed by atoms with E-state index < -0.39 is 0 Å². The summed E-state index contributed by atoms with van der Waals surface area (Å²) >= 11 is 8.67. The highest BCUT2D eigenvalue weighted by atomic mass is 35.5. The molecule has 0 spiro atoms. The van der Waals surface area contributed by atoms with E-state index in [4.69, 9.17) is 11.6 Å². The smallest absolute Gasteiger partial charge is 0.276 e. The number of nitrogens with zero attached hydrogens (tertiary/aromatic N) is 3. The summed E-state index contributed by atoms with van der Waals surface area (Å²) in [6, 6.07) is 7.36. The molecule has 0 saturated heterocycles. The number of amides is 1. The second-order valence-electron chi connectivity index (χ2n) is 4.13. The maximum Gasteiger partial charge on any atom is 0.276 e. The molecule has 0 saturated carbocycles. The molecule has 0 aliphatic heterocycles. The Kier molecular flexibility index (Phi) is 3.96. The zero-order chi connectivity index (χ0) is 14.8. The Morgan fingerprint density at radius 1 is 1.33 bits per heavy atom. The molecule has 0 fully saturated rings. The summed E-state index contributed by atoms with van der Waals surface area (Å²) in [7, 11) is 0. The van der Waals surface area contributed by atoms with Crippen LogP contribution in [0.3, 0.4) is 0 Å². The first-order valence-electron chi connectivity index (χ1n) is 5.95. The Morgan fingerprint density at radius 2 is 2.19 bits per heavy atom. The summed E-state index contributed by atoms with van der Waals surface area (Å²) in [6.07, 6.45) is 0. The van der Waals surface area contributed by atoms with Gasteiger partial charge in [-0.15, -0.1) is 21.5 Å². The van der Waals surface area contributed by atoms with Crippen molar-refractivity contribution >= 4 is 45.3 Å². The Hall–Kier alpha value is -1.83. The predicted octanol–water partition coefficient (Wildman–Crippen LogP) is 3.88. The number of aromatic nitrogens is 3. The molecule has 2 heterocycles. The van der Waals surface area contributed by atoms with E-state index in [0.717, 1.165) is 15.6 Å². The van der Waals surface area contributed by atoms with E-state index in [9.17, 15) is 4.79 Å². The molecule has 1 aromatic carbocycles. The number of nitrogens with one attached hydrogen (secondary N) is 1. The number of carbonyl (C=O) groups excluding carboxylic acids is 1. The first-order valence-corrected chi connectivity index (χ1v) is 8.02. The Bertz CT molecular complexity index is 799. The van der Waals surface area contributed by atoms with Crippen LogP contribution in [-0.4, -0.2) is 21.1 Å². The van der Waals surface area contributed by atoms with Crippen molar-refractivity contribution in [2.75, 3.05) is 5.32 Å². The highest BCUT2D eigenvalue weighted by molar-refractivity contribution is 7.15. The third-order valence-electron chi connectivity index (χ3n) is 2.55. The molecule has 21 heavy (non-hydrogen) atoms. The van der Waals surface area contributed by atoms with Gasteiger partial charge in [-0.05, 0) is 19.1 Å². The first-order chi connectivity index (χ1) is 10.1. The molecule has 3 aromatic rings. The number of benzene rings is 1. The summed E-state index contributed by atoms with van der Waals surface area (Å²) in [5.41, 5.74) is 1.24. The highest BCUT2D eigenvalue weighted by Gasteiger charge is 2.14. The van der Waals surface area contributed by atoms with E-state index >= 15 is 0 Å². The fourth-order valence-electron chi connectivity index (χ4n) is 1.64. The van der Waals surface area contributed by atoms with Gasteiger partial charge in [0.15, 0.2) is 0 Å². The van der Waals surface area contributed by atoms with E-state index in [1.807, 2.05) is 25.1 Å². The van der Waals surface area contributed by atoms with Crippen LogP contribution in [0.5, 0.6) is 0 Å². The summed E-state index contributed by atoms with van der Waals surface area (Å²) in [5.74, 6) is -0.296. The van der Waals surface area contributed by atoms with Crippen molar-refractivity contribution in [3.05, 3.63) is 45.4 Å². The SMILES string of the molecule is Cc1nnc(NC(=O)c2csc(-c3cccc(Cl)c3)n2)s1. The van der Waals surface area contributed by atoms with Crippen LogP contribution in [0.4, 0.5) is 5.13 Å². The monoisotopic (exact) mass is 336 g/mol. The van der Waals surface area contributed by atoms with Gasteiger partial charge in [0.1, 0.15) is 15.7 Å². The average molecular weight is 337 g/mol. The van der Waals surface area contributed by atoms with Gasteiger partial charge in [0, 0.05) is 16.0 Å². The van der Waals surface area contributed by atoms with Gasteiger partial charge in [-0.25, -0.2) is 4.98 Å². The lowest BCUT2D eigenvalue weighted by Gasteiger charge is -1.97. The van der Waals surface area contributed by atoms with Crippen molar-refractivity contribution < 1.29 is 4.79 Å². The summed E-state index contributed by atoms with van der Waals surface area (Å²) in [5, 5.41) is 14.7. The van der Waals surface area contributed by atoms with Crippen molar-refractivity contribution in [1.29, 1.82) is 0 Å². The minimum atomic E-state index is -0.296. The van der Waals surface area contributed by atoms with E-state index in [2.05, 4.69) is 20.5 Å². The van der Waals surface area contributed by atoms with Crippen molar-refractivity contribution in [2.24, 2.45) is 0 Å². The molecular weight excluding hydrogens is 328 g/mol. The quantitative estimate of drug-likeness (QED) is 0.788. The molecule has 0 bridgehead atoms. The van der Waals surface area contributed by atoms with Crippen LogP contribution in [0.25, 0.3) is 10.6 Å². The first kappa shape index (κ1) is 14.1. The molecule has 2 aromatic heterocycles. The molecule has 8 heteroatoms. The fourth-order valence-corrected chi connectivity index (χ4v) is 3.21. The van der Waals surface area contributed by atoms with Crippen LogP contribution in [0.15, 0.2) is 29.6 Å². The van der Waals surface area contributed by atoms with Gasteiger partial charge >= 0.3 is 0 Å². The van der Waals surface area contributed by atoms with Crippen molar-refractivity contribution in [3.8, 4) is 10.6 Å². The molecule has 0 radical (unpaired) electrons. The van der Waals surface area contributed by atoms with Gasteiger partial charge in [0.25, 0.3) is 5.91 Å². The number of rotatable bonds is 3. The topological polar surface area (TPSA) is 67.8 Å². The predicted molar refractivity (Wildman–Crippen MR) is 85.2 cm³/mol. The third-order valence-corrected chi connectivity index (χ3v) is 4.44. The van der Waals surface area contributed by atoms with Crippen molar-refractivity contribution in [3.63, 3.8) is 0 Å². The normalized spacial score (nSPS) is 10.6. The standard InChI is InChI=1S/C13H9ClN4OS2/c1-7-17-18-13(21-7)16-11(19)10-6-20-12(15-10)8-3-2-4-9(14)5-8/h2-6H,1H3,(H,16,18,19). The van der Waals surface area contributed by atoms with Gasteiger partial charge in [-0.3, -0.25) is 10.1 Å². The maximum absolute atomic E-state index is 12.1. The Labute approximate surface area is 133 Å². The van der Waals surface area contributed by atoms with Crippen LogP contribution < -0.4 is 5.32 Å². The second-order valence-corrected chi connectivity index (χ2v) is 6.60. The van der Waals surface area contributed by atoms with Gasteiger partial charge in [0.2, 0.25) is 5.13 Å². The van der Waals surface area contributed by atoms with Crippen molar-refractivity contribution in [2.45, 2.75) is 6.92 Å². The zero-order valence-electron chi connectivity index (χ0n) is 10.8. The fraction of sp³-hybridized carbons (Fsp3) is 0.0769. The molecule has 0 atom stereocenters. The molecule has 1 amide bonds. The molecule has 0 unspecified atom stereocenters. The second kappa shape index (κ2) is 5.88. The summed E-state index contributed by atoms with van der Waals surface area (Å²) in [6.45, 7) is 1.83. The van der Waals surface area contributed by atoms with E-state index in [-0.39, 0.29) is 5.91 Å². The molecule has 5 nitrogen and oxygen atoms in total. The number of halogens is 1. The van der Waals surface area contributed by atoms with Gasteiger partial charge < -0.3 is 0 Å². The molecule has 0 aliphatic carbocycles. The zero-order valence-corrected chi connectivity index (χ0v) is 13.2. The van der Waals surface area contributed by atoms with E-state index in [1.165, 1.54) is 22.7 Å². The van der Waals surface area contributed by atoms with Gasteiger partial charge in [0.05, 0.1) is 0 Å². The third kappa shape index (κ3) is 3.26. The molecule has 106 valence electrons. The molecular formula is C13H9ClN4OS2. The number of carbonyl (C=O) groups is 1. The molecule has 1 N–H and O–H groups in total.